The molecule has 0 heterocycles. The Bertz CT molecular complexity index is 625. The van der Waals surface area contributed by atoms with Gasteiger partial charge in [-0.15, -0.1) is 0 Å². The van der Waals surface area contributed by atoms with Crippen molar-refractivity contribution in [3.05, 3.63) is 24.3 Å². The quantitative estimate of drug-likeness (QED) is 0.638. The second kappa shape index (κ2) is 5.33. The fourth-order valence-corrected chi connectivity index (χ4v) is 3.14. The third-order valence-corrected chi connectivity index (χ3v) is 4.65. The molecule has 1 unspecified atom stereocenters. The average molecular weight is 293 g/mol. The first kappa shape index (κ1) is 15.1. The summed E-state index contributed by atoms with van der Waals surface area (Å²) >= 11 is 0. The first-order chi connectivity index (χ1) is 8.16. The van der Waals surface area contributed by atoms with Crippen LogP contribution in [-0.4, -0.2) is 29.4 Å². The summed E-state index contributed by atoms with van der Waals surface area (Å²) in [6, 6.07) is 4.36. The first-order valence-electron chi connectivity index (χ1n) is 5.02. The summed E-state index contributed by atoms with van der Waals surface area (Å²) in [7, 11) is -7.74. The van der Waals surface area contributed by atoms with E-state index in [0.717, 1.165) is 6.07 Å². The number of primary sulfonamides is 1. The van der Waals surface area contributed by atoms with Crippen LogP contribution in [0.2, 0.25) is 0 Å². The van der Waals surface area contributed by atoms with Gasteiger partial charge in [-0.05, 0) is 25.1 Å². The maximum absolute atomic E-state index is 11.9. The number of rotatable bonds is 5. The molecule has 0 aliphatic heterocycles. The second-order valence-electron chi connectivity index (χ2n) is 3.78. The van der Waals surface area contributed by atoms with Crippen molar-refractivity contribution >= 4 is 20.0 Å². The minimum atomic E-state index is -3.94. The van der Waals surface area contributed by atoms with Crippen LogP contribution >= 0.6 is 0 Å². The Morgan fingerprint density at radius 3 is 2.28 bits per heavy atom. The number of nitrogens with two attached hydrogens (primary N) is 2. The molecule has 0 saturated heterocycles. The Hall–Kier alpha value is -1.00. The van der Waals surface area contributed by atoms with Crippen LogP contribution in [0.3, 0.4) is 0 Å². The predicted octanol–water partition coefficient (Wildman–Crippen LogP) is -1.04. The van der Waals surface area contributed by atoms with Crippen LogP contribution in [0.1, 0.15) is 6.92 Å². The van der Waals surface area contributed by atoms with Crippen molar-refractivity contribution in [3.63, 3.8) is 0 Å². The monoisotopic (exact) mass is 293 g/mol. The molecule has 1 aromatic rings. The van der Waals surface area contributed by atoms with Crippen molar-refractivity contribution in [3.8, 4) is 0 Å². The molecule has 1 aromatic carbocycles. The molecule has 0 amide bonds. The Morgan fingerprint density at radius 1 is 1.22 bits per heavy atom. The molecule has 0 aromatic heterocycles. The van der Waals surface area contributed by atoms with E-state index in [1.807, 2.05) is 0 Å². The molecule has 0 fully saturated rings. The zero-order chi connectivity index (χ0) is 14.0. The smallest absolute Gasteiger partial charge is 0.240 e. The molecule has 1 atom stereocenters. The minimum Gasteiger partial charge on any atom is -0.329 e. The van der Waals surface area contributed by atoms with E-state index in [4.69, 9.17) is 10.9 Å². The lowest BCUT2D eigenvalue weighted by atomic mass is 10.4. The maximum atomic E-state index is 11.9. The summed E-state index contributed by atoms with van der Waals surface area (Å²) < 4.78 is 48.3. The van der Waals surface area contributed by atoms with Gasteiger partial charge in [0.05, 0.1) is 9.79 Å². The lowest BCUT2D eigenvalue weighted by Crippen LogP contribution is -2.37. The highest BCUT2D eigenvalue weighted by Gasteiger charge is 2.18. The standard InChI is InChI=1S/C9H15N3O4S2/c1-7(6-10)12-18(15,16)9-4-2-3-8(5-9)17(11,13)14/h2-5,7,12H,6,10H2,1H3,(H2,11,13,14). The number of sulfonamides is 2. The molecule has 9 heteroatoms. The van der Waals surface area contributed by atoms with E-state index >= 15 is 0 Å². The number of nitrogens with one attached hydrogen (secondary N) is 1. The molecule has 102 valence electrons. The van der Waals surface area contributed by atoms with Gasteiger partial charge in [-0.2, -0.15) is 0 Å². The predicted molar refractivity (Wildman–Crippen MR) is 66.7 cm³/mol. The van der Waals surface area contributed by atoms with Gasteiger partial charge < -0.3 is 5.73 Å². The second-order valence-corrected chi connectivity index (χ2v) is 7.05. The first-order valence-corrected chi connectivity index (χ1v) is 8.05. The zero-order valence-corrected chi connectivity index (χ0v) is 11.3. The van der Waals surface area contributed by atoms with E-state index < -0.39 is 26.1 Å². The van der Waals surface area contributed by atoms with Gasteiger partial charge in [0, 0.05) is 12.6 Å². The summed E-state index contributed by atoms with van der Waals surface area (Å²) in [6.07, 6.45) is 0. The van der Waals surface area contributed by atoms with Crippen LogP contribution in [0.15, 0.2) is 34.1 Å². The molecule has 18 heavy (non-hydrogen) atoms. The van der Waals surface area contributed by atoms with Crippen molar-refractivity contribution in [1.29, 1.82) is 0 Å². The SMILES string of the molecule is CC(CN)NS(=O)(=O)c1cccc(S(N)(=O)=O)c1. The maximum Gasteiger partial charge on any atom is 0.240 e. The fourth-order valence-electron chi connectivity index (χ4n) is 1.20. The van der Waals surface area contributed by atoms with Crippen LogP contribution in [0.5, 0.6) is 0 Å². The van der Waals surface area contributed by atoms with Crippen LogP contribution in [0, 0.1) is 0 Å². The number of hydrogen-bond donors (Lipinski definition) is 3. The molecule has 0 spiro atoms. The van der Waals surface area contributed by atoms with Crippen LogP contribution in [-0.2, 0) is 20.0 Å². The third kappa shape index (κ3) is 3.75. The average Bonchev–Trinajstić information content (AvgIpc) is 2.27. The van der Waals surface area contributed by atoms with Crippen LogP contribution < -0.4 is 15.6 Å². The van der Waals surface area contributed by atoms with Gasteiger partial charge in [-0.1, -0.05) is 6.07 Å². The van der Waals surface area contributed by atoms with Crippen molar-refractivity contribution in [2.45, 2.75) is 22.8 Å². The van der Waals surface area contributed by atoms with Gasteiger partial charge >= 0.3 is 0 Å². The van der Waals surface area contributed by atoms with E-state index in [2.05, 4.69) is 4.72 Å². The van der Waals surface area contributed by atoms with Gasteiger partial charge in [-0.25, -0.2) is 26.7 Å². The van der Waals surface area contributed by atoms with Crippen molar-refractivity contribution in [1.82, 2.24) is 4.72 Å². The molecule has 0 aliphatic carbocycles. The molecule has 0 radical (unpaired) electrons. The molecule has 5 N–H and O–H groups in total. The highest BCUT2D eigenvalue weighted by molar-refractivity contribution is 7.90. The van der Waals surface area contributed by atoms with Crippen molar-refractivity contribution in [2.24, 2.45) is 10.9 Å². The summed E-state index contributed by atoms with van der Waals surface area (Å²) in [5.41, 5.74) is 5.31. The van der Waals surface area contributed by atoms with Crippen molar-refractivity contribution in [2.75, 3.05) is 6.54 Å². The Labute approximate surface area is 106 Å². The lowest BCUT2D eigenvalue weighted by molar-refractivity contribution is 0.562. The number of hydrogen-bond acceptors (Lipinski definition) is 5. The van der Waals surface area contributed by atoms with Gasteiger partial charge in [-0.3, -0.25) is 0 Å². The van der Waals surface area contributed by atoms with Gasteiger partial charge in [0.15, 0.2) is 0 Å². The normalized spacial score (nSPS) is 14.4. The van der Waals surface area contributed by atoms with E-state index in [1.165, 1.54) is 18.2 Å². The molecule has 0 aliphatic rings. The summed E-state index contributed by atoms with van der Waals surface area (Å²) in [5.74, 6) is 0. The summed E-state index contributed by atoms with van der Waals surface area (Å²) in [4.78, 5) is -0.430. The minimum absolute atomic E-state index is 0.133. The van der Waals surface area contributed by atoms with E-state index in [1.54, 1.807) is 6.92 Å². The van der Waals surface area contributed by atoms with Gasteiger partial charge in [0.2, 0.25) is 20.0 Å². The summed E-state index contributed by atoms with van der Waals surface area (Å²) in [6.45, 7) is 1.73. The Morgan fingerprint density at radius 2 is 1.78 bits per heavy atom. The van der Waals surface area contributed by atoms with Crippen molar-refractivity contribution < 1.29 is 16.8 Å². The number of benzene rings is 1. The summed E-state index contributed by atoms with van der Waals surface area (Å²) in [5, 5.41) is 4.93. The topological polar surface area (TPSA) is 132 Å². The highest BCUT2D eigenvalue weighted by Crippen LogP contribution is 2.14. The third-order valence-electron chi connectivity index (χ3n) is 2.15. The van der Waals surface area contributed by atoms with Crippen LogP contribution in [0.25, 0.3) is 0 Å². The molecule has 0 saturated carbocycles. The fraction of sp³-hybridized carbons (Fsp3) is 0.333. The molecular weight excluding hydrogens is 278 g/mol. The Kier molecular flexibility index (Phi) is 4.46. The molecule has 1 rings (SSSR count). The van der Waals surface area contributed by atoms with Gasteiger partial charge in [0.1, 0.15) is 0 Å². The van der Waals surface area contributed by atoms with E-state index in [9.17, 15) is 16.8 Å². The molecular formula is C9H15N3O4S2. The molecule has 0 bridgehead atoms. The van der Waals surface area contributed by atoms with E-state index in [0.29, 0.717) is 0 Å². The highest BCUT2D eigenvalue weighted by atomic mass is 32.2. The van der Waals surface area contributed by atoms with Gasteiger partial charge in [0.25, 0.3) is 0 Å². The largest absolute Gasteiger partial charge is 0.329 e. The zero-order valence-electron chi connectivity index (χ0n) is 9.70. The van der Waals surface area contributed by atoms with E-state index in [-0.39, 0.29) is 16.3 Å². The lowest BCUT2D eigenvalue weighted by Gasteiger charge is -2.12. The molecule has 7 nitrogen and oxygen atoms in total. The Balaban J connectivity index is 3.19. The van der Waals surface area contributed by atoms with Crippen LogP contribution in [0.4, 0.5) is 0 Å².